The zero-order valence-electron chi connectivity index (χ0n) is 11.0. The number of hydrogen-bond acceptors (Lipinski definition) is 2. The Labute approximate surface area is 107 Å². The molecule has 0 bridgehead atoms. The molecule has 1 fully saturated rings. The summed E-state index contributed by atoms with van der Waals surface area (Å²) in [5, 5.41) is 0. The van der Waals surface area contributed by atoms with Crippen molar-refractivity contribution >= 4 is 11.8 Å². The summed E-state index contributed by atoms with van der Waals surface area (Å²) in [6, 6.07) is 8.14. The van der Waals surface area contributed by atoms with Gasteiger partial charge in [0.15, 0.2) is 0 Å². The third kappa shape index (κ3) is 2.37. The average molecular weight is 246 g/mol. The van der Waals surface area contributed by atoms with Crippen molar-refractivity contribution in [3.05, 3.63) is 35.4 Å². The lowest BCUT2D eigenvalue weighted by Crippen LogP contribution is -2.32. The lowest BCUT2D eigenvalue weighted by atomic mass is 10.1. The molecule has 0 radical (unpaired) electrons. The minimum atomic E-state index is -0.0734. The Kier molecular flexibility index (Phi) is 3.36. The van der Waals surface area contributed by atoms with Gasteiger partial charge in [0.1, 0.15) is 5.78 Å². The second kappa shape index (κ2) is 4.80. The van der Waals surface area contributed by atoms with Crippen LogP contribution in [-0.4, -0.2) is 41.8 Å². The summed E-state index contributed by atoms with van der Waals surface area (Å²) in [4.78, 5) is 26.4. The summed E-state index contributed by atoms with van der Waals surface area (Å²) in [6.07, 6.45) is 0. The van der Waals surface area contributed by atoms with E-state index in [-0.39, 0.29) is 24.4 Å². The SMILES string of the molecule is CC(=O)CN1CC(c2ccc(C)cc2)N(C)C1=O. The molecule has 1 aromatic carbocycles. The van der Waals surface area contributed by atoms with Gasteiger partial charge in [0, 0.05) is 13.6 Å². The van der Waals surface area contributed by atoms with E-state index in [9.17, 15) is 9.59 Å². The fourth-order valence-corrected chi connectivity index (χ4v) is 2.28. The molecule has 1 saturated heterocycles. The number of carbonyl (C=O) groups is 2. The van der Waals surface area contributed by atoms with Gasteiger partial charge in [-0.3, -0.25) is 4.79 Å². The molecular formula is C14H18N2O2. The van der Waals surface area contributed by atoms with Gasteiger partial charge in [0.25, 0.3) is 0 Å². The van der Waals surface area contributed by atoms with E-state index in [1.54, 1.807) is 16.8 Å². The van der Waals surface area contributed by atoms with E-state index >= 15 is 0 Å². The molecule has 96 valence electrons. The summed E-state index contributed by atoms with van der Waals surface area (Å²) in [5.74, 6) is 0.0151. The summed E-state index contributed by atoms with van der Waals surface area (Å²) < 4.78 is 0. The van der Waals surface area contributed by atoms with Crippen molar-refractivity contribution in [2.24, 2.45) is 0 Å². The van der Waals surface area contributed by atoms with Crippen molar-refractivity contribution in [1.82, 2.24) is 9.80 Å². The van der Waals surface area contributed by atoms with E-state index in [0.29, 0.717) is 6.54 Å². The van der Waals surface area contributed by atoms with Gasteiger partial charge in [-0.1, -0.05) is 29.8 Å². The molecule has 0 N–H and O–H groups in total. The van der Waals surface area contributed by atoms with Gasteiger partial charge in [-0.15, -0.1) is 0 Å². The first-order valence-corrected chi connectivity index (χ1v) is 6.07. The minimum absolute atomic E-state index is 0.0151. The predicted molar refractivity (Wildman–Crippen MR) is 69.3 cm³/mol. The highest BCUT2D eigenvalue weighted by Crippen LogP contribution is 2.27. The van der Waals surface area contributed by atoms with E-state index in [2.05, 4.69) is 0 Å². The van der Waals surface area contributed by atoms with Gasteiger partial charge >= 0.3 is 6.03 Å². The van der Waals surface area contributed by atoms with Crippen LogP contribution in [0.3, 0.4) is 0 Å². The Morgan fingerprint density at radius 1 is 1.33 bits per heavy atom. The van der Waals surface area contributed by atoms with Crippen molar-refractivity contribution in [2.45, 2.75) is 19.9 Å². The molecule has 0 saturated carbocycles. The second-order valence-electron chi connectivity index (χ2n) is 4.90. The molecule has 1 aliphatic heterocycles. The lowest BCUT2D eigenvalue weighted by molar-refractivity contribution is -0.117. The third-order valence-electron chi connectivity index (χ3n) is 3.31. The zero-order chi connectivity index (χ0) is 13.3. The number of carbonyl (C=O) groups excluding carboxylic acids is 2. The van der Waals surface area contributed by atoms with Crippen LogP contribution >= 0.6 is 0 Å². The molecule has 1 unspecified atom stereocenters. The van der Waals surface area contributed by atoms with Crippen LogP contribution in [-0.2, 0) is 4.79 Å². The van der Waals surface area contributed by atoms with Crippen molar-refractivity contribution in [2.75, 3.05) is 20.1 Å². The monoisotopic (exact) mass is 246 g/mol. The molecule has 4 nitrogen and oxygen atoms in total. The highest BCUT2D eigenvalue weighted by Gasteiger charge is 2.35. The third-order valence-corrected chi connectivity index (χ3v) is 3.31. The summed E-state index contributed by atoms with van der Waals surface area (Å²) in [5.41, 5.74) is 2.31. The number of nitrogens with zero attached hydrogens (tertiary/aromatic N) is 2. The van der Waals surface area contributed by atoms with Crippen LogP contribution in [0.4, 0.5) is 4.79 Å². The first-order valence-electron chi connectivity index (χ1n) is 6.07. The van der Waals surface area contributed by atoms with Gasteiger partial charge < -0.3 is 9.80 Å². The Balaban J connectivity index is 2.18. The number of hydrogen-bond donors (Lipinski definition) is 0. The highest BCUT2D eigenvalue weighted by molar-refractivity contribution is 5.85. The Hall–Kier alpha value is -1.84. The van der Waals surface area contributed by atoms with Crippen LogP contribution in [0.2, 0.25) is 0 Å². The molecule has 2 rings (SSSR count). The number of benzene rings is 1. The standard InChI is InChI=1S/C14H18N2O2/c1-10-4-6-12(7-5-10)13-9-16(8-11(2)17)14(18)15(13)3/h4-7,13H,8-9H2,1-3H3. The molecule has 1 aliphatic rings. The molecular weight excluding hydrogens is 228 g/mol. The lowest BCUT2D eigenvalue weighted by Gasteiger charge is -2.18. The first kappa shape index (κ1) is 12.6. The maximum Gasteiger partial charge on any atom is 0.320 e. The maximum atomic E-state index is 12.0. The first-order chi connectivity index (χ1) is 8.49. The Bertz CT molecular complexity index is 467. The average Bonchev–Trinajstić information content (AvgIpc) is 2.58. The zero-order valence-corrected chi connectivity index (χ0v) is 11.0. The highest BCUT2D eigenvalue weighted by atomic mass is 16.2. The van der Waals surface area contributed by atoms with Crippen molar-refractivity contribution < 1.29 is 9.59 Å². The summed E-state index contributed by atoms with van der Waals surface area (Å²) in [7, 11) is 1.78. The Morgan fingerprint density at radius 2 is 1.94 bits per heavy atom. The largest absolute Gasteiger partial charge is 0.320 e. The van der Waals surface area contributed by atoms with Gasteiger partial charge in [0.05, 0.1) is 12.6 Å². The fraction of sp³-hybridized carbons (Fsp3) is 0.429. The van der Waals surface area contributed by atoms with Gasteiger partial charge in [0.2, 0.25) is 0 Å². The van der Waals surface area contributed by atoms with Crippen molar-refractivity contribution in [1.29, 1.82) is 0 Å². The van der Waals surface area contributed by atoms with E-state index in [1.807, 2.05) is 31.2 Å². The molecule has 1 atom stereocenters. The van der Waals surface area contributed by atoms with Crippen molar-refractivity contribution in [3.63, 3.8) is 0 Å². The van der Waals surface area contributed by atoms with E-state index in [0.717, 1.165) is 5.56 Å². The van der Waals surface area contributed by atoms with Crippen LogP contribution in [0.25, 0.3) is 0 Å². The molecule has 1 heterocycles. The summed E-state index contributed by atoms with van der Waals surface area (Å²) >= 11 is 0. The topological polar surface area (TPSA) is 40.6 Å². The van der Waals surface area contributed by atoms with E-state index in [4.69, 9.17) is 0 Å². The number of aryl methyl sites for hydroxylation is 1. The Morgan fingerprint density at radius 3 is 2.50 bits per heavy atom. The molecule has 0 aromatic heterocycles. The van der Waals surface area contributed by atoms with Crippen LogP contribution in [0, 0.1) is 6.92 Å². The quantitative estimate of drug-likeness (QED) is 0.818. The maximum absolute atomic E-state index is 12.0. The van der Waals surface area contributed by atoms with Crippen LogP contribution in [0.1, 0.15) is 24.1 Å². The van der Waals surface area contributed by atoms with E-state index in [1.165, 1.54) is 12.5 Å². The fourth-order valence-electron chi connectivity index (χ4n) is 2.28. The molecule has 0 aliphatic carbocycles. The number of likely N-dealkylation sites (N-methyl/N-ethyl adjacent to an activating group) is 1. The predicted octanol–water partition coefficient (Wildman–Crippen LogP) is 1.99. The van der Waals surface area contributed by atoms with Crippen LogP contribution < -0.4 is 0 Å². The number of urea groups is 1. The van der Waals surface area contributed by atoms with Crippen LogP contribution in [0.5, 0.6) is 0 Å². The normalized spacial score (nSPS) is 19.5. The second-order valence-corrected chi connectivity index (χ2v) is 4.90. The smallest absolute Gasteiger partial charge is 0.319 e. The van der Waals surface area contributed by atoms with Crippen LogP contribution in [0.15, 0.2) is 24.3 Å². The summed E-state index contributed by atoms with van der Waals surface area (Å²) in [6.45, 7) is 4.32. The molecule has 1 aromatic rings. The molecule has 2 amide bonds. The molecule has 18 heavy (non-hydrogen) atoms. The van der Waals surface area contributed by atoms with Gasteiger partial charge in [-0.05, 0) is 19.4 Å². The van der Waals surface area contributed by atoms with Gasteiger partial charge in [-0.2, -0.15) is 0 Å². The number of Topliss-reactive ketones (excluding diaryl/α,β-unsaturated/α-hetero) is 1. The van der Waals surface area contributed by atoms with Gasteiger partial charge in [-0.25, -0.2) is 4.79 Å². The molecule has 0 spiro atoms. The van der Waals surface area contributed by atoms with Crippen molar-refractivity contribution in [3.8, 4) is 0 Å². The number of rotatable bonds is 3. The number of ketones is 1. The number of amides is 2. The molecule has 4 heteroatoms. The van der Waals surface area contributed by atoms with E-state index < -0.39 is 0 Å². The minimum Gasteiger partial charge on any atom is -0.319 e.